The predicted molar refractivity (Wildman–Crippen MR) is 135 cm³/mol. The van der Waals surface area contributed by atoms with Gasteiger partial charge in [-0.25, -0.2) is 9.36 Å². The topological polar surface area (TPSA) is 147 Å². The number of azide groups is 1. The zero-order valence-corrected chi connectivity index (χ0v) is 23.8. The summed E-state index contributed by atoms with van der Waals surface area (Å²) in [6.07, 6.45) is -0.242. The molecule has 0 amide bonds. The first-order chi connectivity index (χ1) is 16.2. The van der Waals surface area contributed by atoms with Crippen molar-refractivity contribution in [3.05, 3.63) is 43.0 Å². The summed E-state index contributed by atoms with van der Waals surface area (Å²) in [6, 6.07) is -0.555. The second-order valence-corrected chi connectivity index (χ2v) is 16.9. The highest BCUT2D eigenvalue weighted by molar-refractivity contribution is 7.52. The number of hydrogen-bond donors (Lipinski definition) is 0. The summed E-state index contributed by atoms with van der Waals surface area (Å²) >= 11 is 0. The molecular formula is C21H38N5O7PSi. The molecule has 1 saturated heterocycles. The average Bonchev–Trinajstić information content (AvgIpc) is 3.15. The molecule has 14 heteroatoms. The van der Waals surface area contributed by atoms with Crippen molar-refractivity contribution in [2.75, 3.05) is 19.8 Å². The van der Waals surface area contributed by atoms with Crippen molar-refractivity contribution < 1.29 is 22.8 Å². The number of rotatable bonds is 11. The van der Waals surface area contributed by atoms with Crippen LogP contribution < -0.4 is 11.2 Å². The molecule has 35 heavy (non-hydrogen) atoms. The number of nitrogens with zero attached hydrogens (tertiary/aromatic N) is 5. The summed E-state index contributed by atoms with van der Waals surface area (Å²) in [5.41, 5.74) is 8.02. The Labute approximate surface area is 206 Å². The molecule has 0 aromatic carbocycles. The quantitative estimate of drug-likeness (QED) is 0.134. The van der Waals surface area contributed by atoms with Gasteiger partial charge in [0, 0.05) is 23.1 Å². The van der Waals surface area contributed by atoms with E-state index in [1.807, 2.05) is 0 Å². The van der Waals surface area contributed by atoms with Gasteiger partial charge in [0.15, 0.2) is 8.32 Å². The summed E-state index contributed by atoms with van der Waals surface area (Å²) in [6.45, 7) is 15.9. The van der Waals surface area contributed by atoms with Crippen LogP contribution in [0.1, 0.15) is 52.8 Å². The largest absolute Gasteiger partial charge is 0.414 e. The highest BCUT2D eigenvalue weighted by atomic mass is 31.2. The van der Waals surface area contributed by atoms with E-state index in [1.165, 1.54) is 10.8 Å². The first kappa shape index (κ1) is 29.5. The van der Waals surface area contributed by atoms with Crippen molar-refractivity contribution in [3.8, 4) is 0 Å². The Hall–Kier alpha value is -1.72. The van der Waals surface area contributed by atoms with E-state index in [9.17, 15) is 14.2 Å². The molecule has 0 aliphatic carbocycles. The standard InChI is InChI=1S/C21H38N5O7PSi/c1-9-30-34(29,31-10-2)14-26-19(27)15(3)12-25(20(26)28)18-11-16(23-24-22)17(33-18)13-32-35(7,8)21(4,5)6/h12,16-18H,9-11,13-14H2,1-8H3/t16-,17+,18+/m0/s1. The Morgan fingerprint density at radius 1 is 1.26 bits per heavy atom. The maximum atomic E-state index is 13.3. The Kier molecular flexibility index (Phi) is 9.74. The molecular weight excluding hydrogens is 493 g/mol. The first-order valence-electron chi connectivity index (χ1n) is 11.7. The number of aryl methyl sites for hydroxylation is 1. The van der Waals surface area contributed by atoms with E-state index >= 15 is 0 Å². The molecule has 2 heterocycles. The average molecular weight is 532 g/mol. The van der Waals surface area contributed by atoms with Crippen LogP contribution in [0.25, 0.3) is 10.4 Å². The molecule has 1 aromatic rings. The summed E-state index contributed by atoms with van der Waals surface area (Å²) in [7, 11) is -5.81. The Morgan fingerprint density at radius 3 is 2.37 bits per heavy atom. The van der Waals surface area contributed by atoms with Gasteiger partial charge in [0.1, 0.15) is 12.5 Å². The molecule has 3 atom stereocenters. The minimum atomic E-state index is -3.72. The van der Waals surface area contributed by atoms with Gasteiger partial charge in [-0.15, -0.1) is 0 Å². The monoisotopic (exact) mass is 531 g/mol. The Morgan fingerprint density at radius 2 is 1.86 bits per heavy atom. The van der Waals surface area contributed by atoms with E-state index in [0.717, 1.165) is 4.57 Å². The molecule has 1 aromatic heterocycles. The SMILES string of the molecule is CCOP(=O)(Cn1c(=O)c(C)cn([C@H]2C[C@H](N=[N+]=[N-])[C@@H](CO[Si](C)(C)C(C)(C)C)O2)c1=O)OCC. The van der Waals surface area contributed by atoms with Gasteiger partial charge in [-0.05, 0) is 44.4 Å². The fraction of sp³-hybridized carbons (Fsp3) is 0.810. The van der Waals surface area contributed by atoms with Gasteiger partial charge in [-0.2, -0.15) is 0 Å². The lowest BCUT2D eigenvalue weighted by Crippen LogP contribution is -2.44. The molecule has 0 unspecified atom stereocenters. The van der Waals surface area contributed by atoms with Crippen LogP contribution in [0.3, 0.4) is 0 Å². The van der Waals surface area contributed by atoms with Gasteiger partial charge in [-0.1, -0.05) is 25.9 Å². The number of hydrogen-bond acceptors (Lipinski definition) is 8. The van der Waals surface area contributed by atoms with Crippen LogP contribution in [-0.4, -0.2) is 49.4 Å². The van der Waals surface area contributed by atoms with Gasteiger partial charge < -0.3 is 18.2 Å². The highest BCUT2D eigenvalue weighted by Gasteiger charge is 2.42. The third kappa shape index (κ3) is 6.94. The van der Waals surface area contributed by atoms with Crippen LogP contribution in [0.5, 0.6) is 0 Å². The molecule has 0 radical (unpaired) electrons. The predicted octanol–water partition coefficient (Wildman–Crippen LogP) is 4.53. The third-order valence-corrected chi connectivity index (χ3v) is 12.9. The molecule has 0 spiro atoms. The molecule has 2 rings (SSSR count). The Balaban J connectivity index is 2.40. The molecule has 1 fully saturated rings. The van der Waals surface area contributed by atoms with Gasteiger partial charge in [0.05, 0.1) is 32.0 Å². The van der Waals surface area contributed by atoms with E-state index in [4.69, 9.17) is 23.7 Å². The third-order valence-electron chi connectivity index (χ3n) is 6.46. The first-order valence-corrected chi connectivity index (χ1v) is 16.4. The lowest BCUT2D eigenvalue weighted by Gasteiger charge is -2.37. The summed E-state index contributed by atoms with van der Waals surface area (Å²) in [4.78, 5) is 29.0. The van der Waals surface area contributed by atoms with Crippen molar-refractivity contribution in [2.45, 2.75) is 90.8 Å². The lowest BCUT2D eigenvalue weighted by atomic mass is 10.1. The minimum Gasteiger partial charge on any atom is -0.414 e. The number of ether oxygens (including phenoxy) is 1. The van der Waals surface area contributed by atoms with E-state index in [-0.39, 0.29) is 36.8 Å². The normalized spacial score (nSPS) is 21.2. The molecule has 1 aliphatic heterocycles. The molecule has 198 valence electrons. The fourth-order valence-electron chi connectivity index (χ4n) is 3.51. The highest BCUT2D eigenvalue weighted by Crippen LogP contribution is 2.49. The Bertz CT molecular complexity index is 1100. The number of aromatic nitrogens is 2. The zero-order chi connectivity index (χ0) is 26.6. The fourth-order valence-corrected chi connectivity index (χ4v) is 6.14. The van der Waals surface area contributed by atoms with E-state index in [0.29, 0.717) is 0 Å². The summed E-state index contributed by atoms with van der Waals surface area (Å²) in [5.74, 6) is 0. The van der Waals surface area contributed by atoms with Gasteiger partial charge in [0.2, 0.25) is 0 Å². The maximum Gasteiger partial charge on any atom is 0.350 e. The molecule has 0 saturated carbocycles. The second kappa shape index (κ2) is 11.6. The lowest BCUT2D eigenvalue weighted by molar-refractivity contribution is -0.0252. The van der Waals surface area contributed by atoms with Gasteiger partial charge >= 0.3 is 13.3 Å². The van der Waals surface area contributed by atoms with E-state index in [1.54, 1.807) is 20.8 Å². The minimum absolute atomic E-state index is 0.0163. The summed E-state index contributed by atoms with van der Waals surface area (Å²) in [5, 5.41) is 3.85. The van der Waals surface area contributed by atoms with Crippen LogP contribution in [0, 0.1) is 6.92 Å². The van der Waals surface area contributed by atoms with Crippen molar-refractivity contribution >= 4 is 15.9 Å². The molecule has 12 nitrogen and oxygen atoms in total. The van der Waals surface area contributed by atoms with Crippen molar-refractivity contribution in [1.29, 1.82) is 0 Å². The van der Waals surface area contributed by atoms with Crippen LogP contribution in [-0.2, 0) is 29.1 Å². The second-order valence-electron chi connectivity index (χ2n) is 10.0. The molecule has 0 bridgehead atoms. The van der Waals surface area contributed by atoms with E-state index in [2.05, 4.69) is 43.9 Å². The smallest absolute Gasteiger partial charge is 0.350 e. The van der Waals surface area contributed by atoms with Crippen LogP contribution in [0.4, 0.5) is 0 Å². The van der Waals surface area contributed by atoms with Crippen molar-refractivity contribution in [2.24, 2.45) is 5.11 Å². The maximum absolute atomic E-state index is 13.3. The zero-order valence-electron chi connectivity index (χ0n) is 21.9. The van der Waals surface area contributed by atoms with Crippen LogP contribution in [0.2, 0.25) is 18.1 Å². The van der Waals surface area contributed by atoms with Gasteiger partial charge in [-0.3, -0.25) is 13.9 Å². The van der Waals surface area contributed by atoms with Crippen molar-refractivity contribution in [3.63, 3.8) is 0 Å². The van der Waals surface area contributed by atoms with Gasteiger partial charge in [0.25, 0.3) is 5.56 Å². The molecule has 1 aliphatic rings. The molecule has 0 N–H and O–H groups in total. The summed E-state index contributed by atoms with van der Waals surface area (Å²) < 4.78 is 38.1. The van der Waals surface area contributed by atoms with E-state index < -0.39 is 51.8 Å². The van der Waals surface area contributed by atoms with Crippen LogP contribution >= 0.6 is 7.60 Å². The van der Waals surface area contributed by atoms with Crippen LogP contribution in [0.15, 0.2) is 20.9 Å². The van der Waals surface area contributed by atoms with Crippen molar-refractivity contribution in [1.82, 2.24) is 9.13 Å².